The lowest BCUT2D eigenvalue weighted by molar-refractivity contribution is -0.139. The first-order chi connectivity index (χ1) is 9.24. The van der Waals surface area contributed by atoms with Crippen LogP contribution in [0.5, 0.6) is 0 Å². The topological polar surface area (TPSA) is 37.3 Å². The van der Waals surface area contributed by atoms with Crippen molar-refractivity contribution in [2.24, 2.45) is 0 Å². The molecule has 1 N–H and O–H groups in total. The van der Waals surface area contributed by atoms with Crippen molar-refractivity contribution in [3.8, 4) is 0 Å². The van der Waals surface area contributed by atoms with Gasteiger partial charge in [0.05, 0.1) is 5.92 Å². The van der Waals surface area contributed by atoms with Crippen molar-refractivity contribution in [3.05, 3.63) is 48.0 Å². The van der Waals surface area contributed by atoms with E-state index in [1.165, 1.54) is 0 Å². The number of carboxylic acid groups (broad SMARTS) is 1. The second-order valence-electron chi connectivity index (χ2n) is 4.95. The molecule has 2 rings (SSSR count). The fourth-order valence-corrected chi connectivity index (χ4v) is 2.56. The highest BCUT2D eigenvalue weighted by Crippen LogP contribution is 2.29. The Balaban J connectivity index is 2.36. The zero-order valence-corrected chi connectivity index (χ0v) is 11.3. The summed E-state index contributed by atoms with van der Waals surface area (Å²) in [6, 6.07) is 13.9. The van der Waals surface area contributed by atoms with Crippen molar-refractivity contribution in [2.45, 2.75) is 38.5 Å². The van der Waals surface area contributed by atoms with Crippen molar-refractivity contribution in [1.82, 2.24) is 0 Å². The highest BCUT2D eigenvalue weighted by molar-refractivity contribution is 5.90. The van der Waals surface area contributed by atoms with Crippen molar-refractivity contribution < 1.29 is 9.90 Å². The smallest absolute Gasteiger partial charge is 0.310 e. The number of hydrogen-bond donors (Lipinski definition) is 1. The van der Waals surface area contributed by atoms with E-state index in [2.05, 4.69) is 6.92 Å². The Morgan fingerprint density at radius 3 is 2.58 bits per heavy atom. The van der Waals surface area contributed by atoms with Crippen LogP contribution in [0, 0.1) is 0 Å². The lowest BCUT2D eigenvalue weighted by atomic mass is 9.89. The molecule has 0 amide bonds. The summed E-state index contributed by atoms with van der Waals surface area (Å²) < 4.78 is 0. The SMILES string of the molecule is CCCCCC(C(=O)O)c1cccc2ccccc12. The molecule has 100 valence electrons. The minimum absolute atomic E-state index is 0.391. The van der Waals surface area contributed by atoms with Gasteiger partial charge in [0.25, 0.3) is 0 Å². The molecule has 0 bridgehead atoms. The Hall–Kier alpha value is -1.83. The van der Waals surface area contributed by atoms with Gasteiger partial charge >= 0.3 is 5.97 Å². The Kier molecular flexibility index (Phi) is 4.56. The summed E-state index contributed by atoms with van der Waals surface area (Å²) in [4.78, 5) is 11.5. The van der Waals surface area contributed by atoms with Gasteiger partial charge in [-0.25, -0.2) is 0 Å². The number of carbonyl (C=O) groups is 1. The van der Waals surface area contributed by atoms with Crippen LogP contribution in [-0.4, -0.2) is 11.1 Å². The van der Waals surface area contributed by atoms with E-state index < -0.39 is 11.9 Å². The predicted octanol–water partition coefficient (Wildman–Crippen LogP) is 4.59. The highest BCUT2D eigenvalue weighted by atomic mass is 16.4. The molecule has 2 aromatic rings. The Morgan fingerprint density at radius 2 is 1.84 bits per heavy atom. The van der Waals surface area contributed by atoms with Gasteiger partial charge in [0.2, 0.25) is 0 Å². The molecule has 1 unspecified atom stereocenters. The van der Waals surface area contributed by atoms with Gasteiger partial charge in [0.1, 0.15) is 0 Å². The number of fused-ring (bicyclic) bond motifs is 1. The van der Waals surface area contributed by atoms with Crippen molar-refractivity contribution in [3.63, 3.8) is 0 Å². The average Bonchev–Trinajstić information content (AvgIpc) is 2.43. The van der Waals surface area contributed by atoms with Gasteiger partial charge in [-0.1, -0.05) is 68.7 Å². The predicted molar refractivity (Wildman–Crippen MR) is 78.5 cm³/mol. The van der Waals surface area contributed by atoms with E-state index in [0.717, 1.165) is 42.0 Å². The van der Waals surface area contributed by atoms with E-state index in [-0.39, 0.29) is 0 Å². The second-order valence-corrected chi connectivity index (χ2v) is 4.95. The quantitative estimate of drug-likeness (QED) is 0.767. The van der Waals surface area contributed by atoms with Crippen LogP contribution in [0.4, 0.5) is 0 Å². The summed E-state index contributed by atoms with van der Waals surface area (Å²) in [7, 11) is 0. The number of hydrogen-bond acceptors (Lipinski definition) is 1. The minimum atomic E-state index is -0.715. The summed E-state index contributed by atoms with van der Waals surface area (Å²) in [5, 5.41) is 11.7. The third-order valence-corrected chi connectivity index (χ3v) is 3.59. The molecule has 0 heterocycles. The zero-order chi connectivity index (χ0) is 13.7. The van der Waals surface area contributed by atoms with Crippen LogP contribution in [0.25, 0.3) is 10.8 Å². The molecular formula is C17H20O2. The lowest BCUT2D eigenvalue weighted by Gasteiger charge is -2.15. The highest BCUT2D eigenvalue weighted by Gasteiger charge is 2.20. The summed E-state index contributed by atoms with van der Waals surface area (Å²) in [6.07, 6.45) is 3.89. The normalized spacial score (nSPS) is 12.5. The maximum Gasteiger partial charge on any atom is 0.310 e. The van der Waals surface area contributed by atoms with Crippen molar-refractivity contribution in [2.75, 3.05) is 0 Å². The molecule has 0 fully saturated rings. The maximum absolute atomic E-state index is 11.5. The number of carboxylic acids is 1. The number of benzene rings is 2. The molecule has 2 aromatic carbocycles. The van der Waals surface area contributed by atoms with Gasteiger partial charge in [-0.2, -0.15) is 0 Å². The first kappa shape index (κ1) is 13.6. The first-order valence-corrected chi connectivity index (χ1v) is 6.94. The monoisotopic (exact) mass is 256 g/mol. The molecule has 1 atom stereocenters. The molecular weight excluding hydrogens is 236 g/mol. The van der Waals surface area contributed by atoms with Gasteiger partial charge in [-0.3, -0.25) is 4.79 Å². The van der Waals surface area contributed by atoms with Crippen LogP contribution < -0.4 is 0 Å². The van der Waals surface area contributed by atoms with Crippen LogP contribution in [0.15, 0.2) is 42.5 Å². The fourth-order valence-electron chi connectivity index (χ4n) is 2.56. The molecule has 0 aliphatic heterocycles. The first-order valence-electron chi connectivity index (χ1n) is 6.94. The third-order valence-electron chi connectivity index (χ3n) is 3.59. The van der Waals surface area contributed by atoms with E-state index in [1.807, 2.05) is 42.5 Å². The average molecular weight is 256 g/mol. The largest absolute Gasteiger partial charge is 0.481 e. The third kappa shape index (κ3) is 3.14. The van der Waals surface area contributed by atoms with Crippen LogP contribution in [0.1, 0.15) is 44.1 Å². The standard InChI is InChI=1S/C17H20O2/c1-2-3-4-11-16(17(18)19)15-12-7-9-13-8-5-6-10-14(13)15/h5-10,12,16H,2-4,11H2,1H3,(H,18,19). The number of aliphatic carboxylic acids is 1. The minimum Gasteiger partial charge on any atom is -0.481 e. The van der Waals surface area contributed by atoms with Crippen LogP contribution in [0.3, 0.4) is 0 Å². The summed E-state index contributed by atoms with van der Waals surface area (Å²) in [6.45, 7) is 2.13. The van der Waals surface area contributed by atoms with Gasteiger partial charge in [0.15, 0.2) is 0 Å². The van der Waals surface area contributed by atoms with Gasteiger partial charge in [0, 0.05) is 0 Å². The summed E-state index contributed by atoms with van der Waals surface area (Å²) >= 11 is 0. The van der Waals surface area contributed by atoms with Gasteiger partial charge in [-0.15, -0.1) is 0 Å². The molecule has 0 saturated carbocycles. The van der Waals surface area contributed by atoms with Gasteiger partial charge < -0.3 is 5.11 Å². The second kappa shape index (κ2) is 6.37. The Bertz CT molecular complexity index is 555. The van der Waals surface area contributed by atoms with E-state index in [0.29, 0.717) is 0 Å². The fraction of sp³-hybridized carbons (Fsp3) is 0.353. The molecule has 0 spiro atoms. The van der Waals surface area contributed by atoms with E-state index in [4.69, 9.17) is 0 Å². The van der Waals surface area contributed by atoms with E-state index in [1.54, 1.807) is 0 Å². The molecule has 0 aliphatic carbocycles. The van der Waals surface area contributed by atoms with E-state index in [9.17, 15) is 9.90 Å². The molecule has 2 heteroatoms. The lowest BCUT2D eigenvalue weighted by Crippen LogP contribution is -2.12. The van der Waals surface area contributed by atoms with Crippen LogP contribution >= 0.6 is 0 Å². The summed E-state index contributed by atoms with van der Waals surface area (Å²) in [5.74, 6) is -1.11. The van der Waals surface area contributed by atoms with Gasteiger partial charge in [-0.05, 0) is 22.8 Å². The molecule has 19 heavy (non-hydrogen) atoms. The molecule has 0 radical (unpaired) electrons. The molecule has 0 aromatic heterocycles. The van der Waals surface area contributed by atoms with Crippen LogP contribution in [0.2, 0.25) is 0 Å². The molecule has 0 saturated heterocycles. The Labute approximate surface area is 114 Å². The molecule has 2 nitrogen and oxygen atoms in total. The van der Waals surface area contributed by atoms with Crippen molar-refractivity contribution in [1.29, 1.82) is 0 Å². The number of rotatable bonds is 6. The van der Waals surface area contributed by atoms with E-state index >= 15 is 0 Å². The van der Waals surface area contributed by atoms with Crippen LogP contribution in [-0.2, 0) is 4.79 Å². The molecule has 0 aliphatic rings. The van der Waals surface area contributed by atoms with Crippen molar-refractivity contribution >= 4 is 16.7 Å². The summed E-state index contributed by atoms with van der Waals surface area (Å²) in [5.41, 5.74) is 0.946. The number of unbranched alkanes of at least 4 members (excludes halogenated alkanes) is 2. The maximum atomic E-state index is 11.5. The Morgan fingerprint density at radius 1 is 1.11 bits per heavy atom. The zero-order valence-electron chi connectivity index (χ0n) is 11.3.